The molecule has 1 aromatic heterocycles. The molecule has 0 aliphatic rings. The van der Waals surface area contributed by atoms with Crippen LogP contribution in [0, 0.1) is 0 Å². The number of carbonyl (C=O) groups excluding carboxylic acids is 1. The van der Waals surface area contributed by atoms with Crippen LogP contribution in [0.3, 0.4) is 0 Å². The van der Waals surface area contributed by atoms with Gasteiger partial charge >= 0.3 is 6.01 Å². The maximum Gasteiger partial charge on any atom is 0.321 e. The van der Waals surface area contributed by atoms with Gasteiger partial charge < -0.3 is 9.64 Å². The maximum absolute atomic E-state index is 12.8. The molecule has 5 heteroatoms. The molecule has 0 bridgehead atoms. The third-order valence-electron chi connectivity index (χ3n) is 3.94. The first-order valence-corrected chi connectivity index (χ1v) is 8.82. The summed E-state index contributed by atoms with van der Waals surface area (Å²) < 4.78 is 5.61. The number of benzene rings is 2. The van der Waals surface area contributed by atoms with Gasteiger partial charge in [0, 0.05) is 31.0 Å². The van der Waals surface area contributed by atoms with Gasteiger partial charge in [-0.2, -0.15) is 0 Å². The topological polar surface area (TPSA) is 55.3 Å². The minimum Gasteiger partial charge on any atom is -0.424 e. The highest BCUT2D eigenvalue weighted by Gasteiger charge is 2.14. The molecule has 0 unspecified atom stereocenters. The molecule has 0 saturated carbocycles. The minimum absolute atomic E-state index is 0.0466. The van der Waals surface area contributed by atoms with E-state index in [0.29, 0.717) is 24.4 Å². The zero-order valence-corrected chi connectivity index (χ0v) is 15.2. The van der Waals surface area contributed by atoms with Crippen LogP contribution in [0.2, 0.25) is 0 Å². The molecular formula is C22H21N3O2. The number of likely N-dealkylation sites (N-methyl/N-ethyl adjacent to an activating group) is 1. The van der Waals surface area contributed by atoms with Crippen molar-refractivity contribution < 1.29 is 9.53 Å². The molecule has 3 aromatic rings. The highest BCUT2D eigenvalue weighted by Crippen LogP contribution is 2.19. The Kier molecular flexibility index (Phi) is 6.30. The fourth-order valence-electron chi connectivity index (χ4n) is 2.55. The quantitative estimate of drug-likeness (QED) is 0.626. The zero-order valence-electron chi connectivity index (χ0n) is 15.2. The van der Waals surface area contributed by atoms with Crippen molar-refractivity contribution in [3.63, 3.8) is 0 Å². The Bertz CT molecular complexity index is 896. The van der Waals surface area contributed by atoms with Crippen LogP contribution in [0.1, 0.15) is 22.8 Å². The van der Waals surface area contributed by atoms with E-state index in [1.807, 2.05) is 49.4 Å². The predicted molar refractivity (Wildman–Crippen MR) is 106 cm³/mol. The average molecular weight is 359 g/mol. The van der Waals surface area contributed by atoms with Crippen LogP contribution < -0.4 is 4.74 Å². The van der Waals surface area contributed by atoms with Gasteiger partial charge in [0.15, 0.2) is 0 Å². The van der Waals surface area contributed by atoms with Crippen LogP contribution in [-0.2, 0) is 0 Å². The Morgan fingerprint density at radius 2 is 1.81 bits per heavy atom. The van der Waals surface area contributed by atoms with E-state index in [1.165, 1.54) is 0 Å². The molecule has 3 rings (SSSR count). The first-order valence-electron chi connectivity index (χ1n) is 8.82. The molecule has 0 spiro atoms. The molecule has 0 aliphatic carbocycles. The SMILES string of the molecule is CCN(C/C=C/c1ccccc1)C(=O)c1cccc(Oc2ncccn2)c1. The summed E-state index contributed by atoms with van der Waals surface area (Å²) >= 11 is 0. The Labute approximate surface area is 159 Å². The molecule has 136 valence electrons. The maximum atomic E-state index is 12.8. The largest absolute Gasteiger partial charge is 0.424 e. The van der Waals surface area contributed by atoms with Gasteiger partial charge in [0.25, 0.3) is 5.91 Å². The van der Waals surface area contributed by atoms with Crippen molar-refractivity contribution in [3.8, 4) is 11.8 Å². The predicted octanol–water partition coefficient (Wildman–Crippen LogP) is 4.44. The summed E-state index contributed by atoms with van der Waals surface area (Å²) in [5.74, 6) is 0.484. The summed E-state index contributed by atoms with van der Waals surface area (Å²) in [4.78, 5) is 22.7. The third kappa shape index (κ3) is 5.25. The molecule has 5 nitrogen and oxygen atoms in total. The smallest absolute Gasteiger partial charge is 0.321 e. The molecule has 0 fully saturated rings. The molecule has 0 N–H and O–H groups in total. The van der Waals surface area contributed by atoms with Crippen molar-refractivity contribution in [2.24, 2.45) is 0 Å². The van der Waals surface area contributed by atoms with E-state index in [1.54, 1.807) is 47.6 Å². The molecule has 0 radical (unpaired) electrons. The van der Waals surface area contributed by atoms with E-state index in [2.05, 4.69) is 9.97 Å². The second kappa shape index (κ2) is 9.29. The average Bonchev–Trinajstić information content (AvgIpc) is 2.72. The molecule has 0 saturated heterocycles. The van der Waals surface area contributed by atoms with E-state index < -0.39 is 0 Å². The lowest BCUT2D eigenvalue weighted by Crippen LogP contribution is -2.30. The molecule has 1 heterocycles. The van der Waals surface area contributed by atoms with Crippen molar-refractivity contribution in [1.82, 2.24) is 14.9 Å². The lowest BCUT2D eigenvalue weighted by atomic mass is 10.1. The Balaban J connectivity index is 1.67. The van der Waals surface area contributed by atoms with Crippen LogP contribution in [0.5, 0.6) is 11.8 Å². The molecule has 0 atom stereocenters. The monoisotopic (exact) mass is 359 g/mol. The normalized spacial score (nSPS) is 10.7. The lowest BCUT2D eigenvalue weighted by molar-refractivity contribution is 0.0782. The number of hydrogen-bond donors (Lipinski definition) is 0. The van der Waals surface area contributed by atoms with Crippen molar-refractivity contribution in [3.05, 3.63) is 90.3 Å². The summed E-state index contributed by atoms with van der Waals surface area (Å²) in [6, 6.07) is 19.0. The van der Waals surface area contributed by atoms with Crippen molar-refractivity contribution in [1.29, 1.82) is 0 Å². The molecular weight excluding hydrogens is 338 g/mol. The van der Waals surface area contributed by atoms with E-state index >= 15 is 0 Å². The number of rotatable bonds is 7. The Morgan fingerprint density at radius 3 is 2.56 bits per heavy atom. The first-order chi connectivity index (χ1) is 13.3. The zero-order chi connectivity index (χ0) is 18.9. The second-order valence-corrected chi connectivity index (χ2v) is 5.82. The first kappa shape index (κ1) is 18.3. The van der Waals surface area contributed by atoms with Gasteiger partial charge in [-0.3, -0.25) is 4.79 Å². The van der Waals surface area contributed by atoms with Gasteiger partial charge in [0.1, 0.15) is 5.75 Å². The lowest BCUT2D eigenvalue weighted by Gasteiger charge is -2.19. The van der Waals surface area contributed by atoms with Gasteiger partial charge in [-0.1, -0.05) is 48.6 Å². The molecule has 0 aliphatic heterocycles. The van der Waals surface area contributed by atoms with E-state index in [0.717, 1.165) is 5.56 Å². The number of hydrogen-bond acceptors (Lipinski definition) is 4. The number of aromatic nitrogens is 2. The van der Waals surface area contributed by atoms with Gasteiger partial charge in [0.2, 0.25) is 0 Å². The van der Waals surface area contributed by atoms with Crippen molar-refractivity contribution >= 4 is 12.0 Å². The summed E-state index contributed by atoms with van der Waals surface area (Å²) in [6.07, 6.45) is 7.22. The van der Waals surface area contributed by atoms with Crippen molar-refractivity contribution in [2.75, 3.05) is 13.1 Å². The Morgan fingerprint density at radius 1 is 1.04 bits per heavy atom. The fourth-order valence-corrected chi connectivity index (χ4v) is 2.55. The van der Waals surface area contributed by atoms with Crippen molar-refractivity contribution in [2.45, 2.75) is 6.92 Å². The van der Waals surface area contributed by atoms with Gasteiger partial charge in [0.05, 0.1) is 0 Å². The second-order valence-electron chi connectivity index (χ2n) is 5.82. The minimum atomic E-state index is -0.0466. The number of ether oxygens (including phenoxy) is 1. The van der Waals surface area contributed by atoms with E-state index in [4.69, 9.17) is 4.74 Å². The molecule has 27 heavy (non-hydrogen) atoms. The summed E-state index contributed by atoms with van der Waals surface area (Å²) in [5, 5.41) is 0. The summed E-state index contributed by atoms with van der Waals surface area (Å²) in [6.45, 7) is 3.12. The van der Waals surface area contributed by atoms with Crippen LogP contribution in [-0.4, -0.2) is 33.9 Å². The molecule has 2 aromatic carbocycles. The number of carbonyl (C=O) groups is 1. The van der Waals surface area contributed by atoms with Crippen LogP contribution in [0.4, 0.5) is 0 Å². The van der Waals surface area contributed by atoms with Gasteiger partial charge in [-0.15, -0.1) is 0 Å². The van der Waals surface area contributed by atoms with E-state index in [9.17, 15) is 4.79 Å². The fraction of sp³-hybridized carbons (Fsp3) is 0.136. The summed E-state index contributed by atoms with van der Waals surface area (Å²) in [5.41, 5.74) is 1.68. The Hall–Kier alpha value is -3.47. The van der Waals surface area contributed by atoms with Gasteiger partial charge in [-0.05, 0) is 36.8 Å². The van der Waals surface area contributed by atoms with E-state index in [-0.39, 0.29) is 11.9 Å². The van der Waals surface area contributed by atoms with Gasteiger partial charge in [-0.25, -0.2) is 9.97 Å². The standard InChI is InChI=1S/C22H21N3O2/c1-2-25(16-7-11-18-9-4-3-5-10-18)21(26)19-12-6-13-20(17-19)27-22-23-14-8-15-24-22/h3-15,17H,2,16H2,1H3/b11-7+. The molecule has 1 amide bonds. The van der Waals surface area contributed by atoms with Crippen LogP contribution in [0.25, 0.3) is 6.08 Å². The van der Waals surface area contributed by atoms with Crippen LogP contribution >= 0.6 is 0 Å². The number of amides is 1. The summed E-state index contributed by atoms with van der Waals surface area (Å²) in [7, 11) is 0. The number of nitrogens with zero attached hydrogens (tertiary/aromatic N) is 3. The third-order valence-corrected chi connectivity index (χ3v) is 3.94. The van der Waals surface area contributed by atoms with Crippen LogP contribution in [0.15, 0.2) is 79.1 Å². The highest BCUT2D eigenvalue weighted by molar-refractivity contribution is 5.94. The highest BCUT2D eigenvalue weighted by atomic mass is 16.5.